The first-order chi connectivity index (χ1) is 9.24. The van der Waals surface area contributed by atoms with Gasteiger partial charge >= 0.3 is 0 Å². The van der Waals surface area contributed by atoms with E-state index in [4.69, 9.17) is 5.73 Å². The van der Waals surface area contributed by atoms with Crippen LogP contribution in [0.15, 0.2) is 47.4 Å². The van der Waals surface area contributed by atoms with Gasteiger partial charge in [0.2, 0.25) is 0 Å². The molecule has 98 valence electrons. The molecule has 0 spiro atoms. The molecule has 1 aliphatic carbocycles. The number of anilines is 1. The van der Waals surface area contributed by atoms with Gasteiger partial charge in [-0.1, -0.05) is 24.3 Å². The largest absolute Gasteiger partial charge is 0.398 e. The summed E-state index contributed by atoms with van der Waals surface area (Å²) in [6, 6.07) is 11.8. The maximum atomic E-state index is 11.9. The van der Waals surface area contributed by atoms with Gasteiger partial charge < -0.3 is 10.3 Å². The van der Waals surface area contributed by atoms with E-state index in [-0.39, 0.29) is 5.56 Å². The van der Waals surface area contributed by atoms with Gasteiger partial charge in [-0.3, -0.25) is 4.79 Å². The second kappa shape index (κ2) is 4.92. The van der Waals surface area contributed by atoms with Gasteiger partial charge in [0, 0.05) is 30.4 Å². The van der Waals surface area contributed by atoms with E-state index in [9.17, 15) is 4.79 Å². The van der Waals surface area contributed by atoms with E-state index >= 15 is 0 Å². The van der Waals surface area contributed by atoms with Gasteiger partial charge in [0.15, 0.2) is 0 Å². The first-order valence-electron chi connectivity index (χ1n) is 6.78. The maximum absolute atomic E-state index is 11.9. The van der Waals surface area contributed by atoms with Crippen LogP contribution in [0, 0.1) is 0 Å². The van der Waals surface area contributed by atoms with E-state index in [0.29, 0.717) is 11.6 Å². The number of nitrogen functional groups attached to an aromatic ring is 1. The minimum atomic E-state index is 0.0252. The Morgan fingerprint density at radius 2 is 2.05 bits per heavy atom. The van der Waals surface area contributed by atoms with Crippen LogP contribution in [0.2, 0.25) is 0 Å². The number of rotatable bonds is 2. The lowest BCUT2D eigenvalue weighted by Gasteiger charge is -2.26. The van der Waals surface area contributed by atoms with Gasteiger partial charge in [-0.15, -0.1) is 0 Å². The van der Waals surface area contributed by atoms with Gasteiger partial charge in [0.1, 0.15) is 0 Å². The zero-order valence-electron chi connectivity index (χ0n) is 10.9. The predicted molar refractivity (Wildman–Crippen MR) is 77.2 cm³/mol. The summed E-state index contributed by atoms with van der Waals surface area (Å²) in [6.45, 7) is 0.723. The summed E-state index contributed by atoms with van der Waals surface area (Å²) >= 11 is 0. The monoisotopic (exact) mass is 254 g/mol. The number of aryl methyl sites for hydroxylation is 1. The molecule has 1 atom stereocenters. The van der Waals surface area contributed by atoms with Crippen LogP contribution in [0.5, 0.6) is 0 Å². The van der Waals surface area contributed by atoms with Crippen molar-refractivity contribution in [1.82, 2.24) is 4.57 Å². The van der Waals surface area contributed by atoms with Gasteiger partial charge in [0.25, 0.3) is 5.56 Å². The molecule has 1 heterocycles. The van der Waals surface area contributed by atoms with Crippen LogP contribution < -0.4 is 11.3 Å². The quantitative estimate of drug-likeness (QED) is 0.895. The Morgan fingerprint density at radius 3 is 2.95 bits per heavy atom. The summed E-state index contributed by atoms with van der Waals surface area (Å²) in [5.74, 6) is 0.421. The fourth-order valence-corrected chi connectivity index (χ4v) is 2.97. The Kier molecular flexibility index (Phi) is 3.11. The minimum Gasteiger partial charge on any atom is -0.398 e. The number of hydrogen-bond acceptors (Lipinski definition) is 2. The summed E-state index contributed by atoms with van der Waals surface area (Å²) in [4.78, 5) is 11.9. The van der Waals surface area contributed by atoms with Crippen molar-refractivity contribution in [3.8, 4) is 0 Å². The van der Waals surface area contributed by atoms with E-state index in [2.05, 4.69) is 24.3 Å². The van der Waals surface area contributed by atoms with Gasteiger partial charge in [-0.2, -0.15) is 0 Å². The third-order valence-corrected chi connectivity index (χ3v) is 3.92. The summed E-state index contributed by atoms with van der Waals surface area (Å²) in [6.07, 6.45) is 5.23. The lowest BCUT2D eigenvalue weighted by atomic mass is 9.83. The lowest BCUT2D eigenvalue weighted by Crippen LogP contribution is -2.24. The molecule has 3 nitrogen and oxygen atoms in total. The highest BCUT2D eigenvalue weighted by atomic mass is 16.1. The summed E-state index contributed by atoms with van der Waals surface area (Å²) in [5.41, 5.74) is 9.25. The van der Waals surface area contributed by atoms with Crippen LogP contribution in [0.4, 0.5) is 5.69 Å². The van der Waals surface area contributed by atoms with Crippen LogP contribution in [-0.2, 0) is 13.0 Å². The molecular formula is C16H18N2O. The zero-order valence-corrected chi connectivity index (χ0v) is 10.9. The Balaban J connectivity index is 1.93. The number of pyridine rings is 1. The molecule has 0 fully saturated rings. The standard InChI is InChI=1S/C16H18N2O/c17-14-8-9-16(19)18(11-14)10-13-6-3-5-12-4-1-2-7-15(12)13/h1-2,4,7-9,11,13H,3,5-6,10,17H2. The number of aromatic nitrogens is 1. The third-order valence-electron chi connectivity index (χ3n) is 3.92. The highest BCUT2D eigenvalue weighted by Gasteiger charge is 2.20. The van der Waals surface area contributed by atoms with E-state index < -0.39 is 0 Å². The molecule has 2 aromatic rings. The number of hydrogen-bond donors (Lipinski definition) is 1. The van der Waals surface area contributed by atoms with Crippen molar-refractivity contribution in [3.63, 3.8) is 0 Å². The van der Waals surface area contributed by atoms with Crippen molar-refractivity contribution in [3.05, 3.63) is 64.1 Å². The first-order valence-corrected chi connectivity index (χ1v) is 6.78. The van der Waals surface area contributed by atoms with E-state index in [1.165, 1.54) is 17.5 Å². The number of nitrogens with zero attached hydrogens (tertiary/aromatic N) is 1. The highest BCUT2D eigenvalue weighted by Crippen LogP contribution is 2.32. The molecule has 3 heteroatoms. The van der Waals surface area contributed by atoms with Crippen molar-refractivity contribution in [2.75, 3.05) is 5.73 Å². The summed E-state index contributed by atoms with van der Waals surface area (Å²) in [5, 5.41) is 0. The second-order valence-corrected chi connectivity index (χ2v) is 5.24. The third kappa shape index (κ3) is 2.41. The minimum absolute atomic E-state index is 0.0252. The van der Waals surface area contributed by atoms with Crippen molar-refractivity contribution in [2.45, 2.75) is 31.7 Å². The molecule has 0 bridgehead atoms. The smallest absolute Gasteiger partial charge is 0.250 e. The van der Waals surface area contributed by atoms with Crippen molar-refractivity contribution in [2.24, 2.45) is 0 Å². The van der Waals surface area contributed by atoms with E-state index in [1.54, 1.807) is 22.9 Å². The number of fused-ring (bicyclic) bond motifs is 1. The zero-order chi connectivity index (χ0) is 13.2. The molecule has 0 amide bonds. The average Bonchev–Trinajstić information content (AvgIpc) is 2.43. The molecule has 1 unspecified atom stereocenters. The SMILES string of the molecule is Nc1ccc(=O)n(CC2CCCc3ccccc32)c1. The predicted octanol–water partition coefficient (Wildman–Crippen LogP) is 2.55. The van der Waals surface area contributed by atoms with Gasteiger partial charge in [-0.05, 0) is 36.5 Å². The Bertz CT molecular complexity index is 645. The van der Waals surface area contributed by atoms with Gasteiger partial charge in [0.05, 0.1) is 0 Å². The molecule has 0 aliphatic heterocycles. The molecule has 0 saturated heterocycles. The van der Waals surface area contributed by atoms with Crippen LogP contribution in [0.1, 0.15) is 29.9 Å². The summed E-state index contributed by atoms with van der Waals surface area (Å²) < 4.78 is 1.74. The van der Waals surface area contributed by atoms with Crippen molar-refractivity contribution in [1.29, 1.82) is 0 Å². The van der Waals surface area contributed by atoms with Crippen LogP contribution in [0.3, 0.4) is 0 Å². The average molecular weight is 254 g/mol. The van der Waals surface area contributed by atoms with Gasteiger partial charge in [-0.25, -0.2) is 0 Å². The molecule has 2 N–H and O–H groups in total. The van der Waals surface area contributed by atoms with Crippen LogP contribution in [-0.4, -0.2) is 4.57 Å². The number of benzene rings is 1. The van der Waals surface area contributed by atoms with E-state index in [0.717, 1.165) is 19.4 Å². The topological polar surface area (TPSA) is 48.0 Å². The van der Waals surface area contributed by atoms with Crippen LogP contribution >= 0.6 is 0 Å². The van der Waals surface area contributed by atoms with E-state index in [1.807, 2.05) is 0 Å². The van der Waals surface area contributed by atoms with Crippen molar-refractivity contribution >= 4 is 5.69 Å². The molecule has 1 aromatic carbocycles. The Labute approximate surface area is 112 Å². The highest BCUT2D eigenvalue weighted by molar-refractivity contribution is 5.35. The first kappa shape index (κ1) is 12.0. The fourth-order valence-electron chi connectivity index (χ4n) is 2.97. The maximum Gasteiger partial charge on any atom is 0.250 e. The molecule has 0 radical (unpaired) electrons. The Morgan fingerprint density at radius 1 is 1.21 bits per heavy atom. The molecule has 0 saturated carbocycles. The molecular weight excluding hydrogens is 236 g/mol. The number of nitrogens with two attached hydrogens (primary N) is 1. The normalized spacial score (nSPS) is 18.0. The Hall–Kier alpha value is -2.03. The lowest BCUT2D eigenvalue weighted by molar-refractivity contribution is 0.476. The molecule has 1 aliphatic rings. The molecule has 1 aromatic heterocycles. The van der Waals surface area contributed by atoms with Crippen LogP contribution in [0.25, 0.3) is 0 Å². The summed E-state index contributed by atoms with van der Waals surface area (Å²) in [7, 11) is 0. The molecule has 19 heavy (non-hydrogen) atoms. The second-order valence-electron chi connectivity index (χ2n) is 5.24. The molecule has 3 rings (SSSR count). The van der Waals surface area contributed by atoms with Crippen molar-refractivity contribution < 1.29 is 0 Å². The fraction of sp³-hybridized carbons (Fsp3) is 0.312.